The Hall–Kier alpha value is -2.44. The van der Waals surface area contributed by atoms with Crippen LogP contribution in [0.1, 0.15) is 10.6 Å². The highest BCUT2D eigenvalue weighted by atomic mass is 35.5. The number of hydrogen-bond donors (Lipinski definition) is 1. The minimum Gasteiger partial charge on any atom is -0.484 e. The summed E-state index contributed by atoms with van der Waals surface area (Å²) in [6.07, 6.45) is 0.690. The zero-order valence-electron chi connectivity index (χ0n) is 12.6. The maximum atomic E-state index is 11.9. The quantitative estimate of drug-likeness (QED) is 0.727. The molecule has 0 radical (unpaired) electrons. The van der Waals surface area contributed by atoms with E-state index in [1.807, 2.05) is 30.3 Å². The summed E-state index contributed by atoms with van der Waals surface area (Å²) in [6, 6.07) is 16.8. The summed E-state index contributed by atoms with van der Waals surface area (Å²) in [5.74, 6) is 0.295. The van der Waals surface area contributed by atoms with Crippen LogP contribution in [0.25, 0.3) is 0 Å². The van der Waals surface area contributed by atoms with Gasteiger partial charge in [-0.1, -0.05) is 53.3 Å². The number of carbonyl (C=O) groups is 1. The number of anilines is 1. The van der Waals surface area contributed by atoms with Crippen LogP contribution >= 0.6 is 22.9 Å². The number of nitrogens with zero attached hydrogens (tertiary/aromatic N) is 2. The third kappa shape index (κ3) is 4.78. The van der Waals surface area contributed by atoms with Gasteiger partial charge >= 0.3 is 0 Å². The Kier molecular flexibility index (Phi) is 5.40. The van der Waals surface area contributed by atoms with Crippen molar-refractivity contribution in [1.82, 2.24) is 10.2 Å². The summed E-state index contributed by atoms with van der Waals surface area (Å²) in [5.41, 5.74) is 1.15. The molecule has 24 heavy (non-hydrogen) atoms. The zero-order chi connectivity index (χ0) is 16.8. The van der Waals surface area contributed by atoms with E-state index in [1.165, 1.54) is 11.3 Å². The third-order valence-corrected chi connectivity index (χ3v) is 4.19. The molecule has 0 saturated heterocycles. The molecule has 0 aliphatic rings. The molecule has 0 bridgehead atoms. The number of carbonyl (C=O) groups excluding carboxylic acids is 1. The number of benzene rings is 2. The summed E-state index contributed by atoms with van der Waals surface area (Å²) < 4.78 is 5.38. The maximum Gasteiger partial charge on any atom is 0.264 e. The molecular weight excluding hydrogens is 346 g/mol. The van der Waals surface area contributed by atoms with Crippen LogP contribution in [0.5, 0.6) is 5.75 Å². The van der Waals surface area contributed by atoms with E-state index >= 15 is 0 Å². The van der Waals surface area contributed by atoms with E-state index in [0.29, 0.717) is 22.3 Å². The van der Waals surface area contributed by atoms with Crippen LogP contribution in [0.4, 0.5) is 5.13 Å². The largest absolute Gasteiger partial charge is 0.484 e. The van der Waals surface area contributed by atoms with Gasteiger partial charge in [0.05, 0.1) is 0 Å². The lowest BCUT2D eigenvalue weighted by Gasteiger charge is -2.05. The van der Waals surface area contributed by atoms with Crippen LogP contribution < -0.4 is 10.1 Å². The Balaban J connectivity index is 1.50. The fourth-order valence-corrected chi connectivity index (χ4v) is 2.90. The lowest BCUT2D eigenvalue weighted by Crippen LogP contribution is -2.20. The fraction of sp³-hybridized carbons (Fsp3) is 0.118. The molecule has 3 aromatic rings. The molecule has 0 fully saturated rings. The first-order valence-electron chi connectivity index (χ1n) is 7.23. The van der Waals surface area contributed by atoms with E-state index in [4.69, 9.17) is 16.3 Å². The summed E-state index contributed by atoms with van der Waals surface area (Å²) in [7, 11) is 0. The molecule has 0 spiro atoms. The van der Waals surface area contributed by atoms with Crippen molar-refractivity contribution in [3.05, 3.63) is 70.2 Å². The topological polar surface area (TPSA) is 64.1 Å². The molecule has 0 aliphatic carbocycles. The van der Waals surface area contributed by atoms with E-state index in [1.54, 1.807) is 24.3 Å². The van der Waals surface area contributed by atoms with Crippen LogP contribution in [-0.2, 0) is 11.2 Å². The van der Waals surface area contributed by atoms with Gasteiger partial charge in [-0.25, -0.2) is 0 Å². The van der Waals surface area contributed by atoms with Gasteiger partial charge in [-0.2, -0.15) is 0 Å². The highest BCUT2D eigenvalue weighted by molar-refractivity contribution is 7.15. The minimum atomic E-state index is -0.285. The lowest BCUT2D eigenvalue weighted by molar-refractivity contribution is -0.118. The van der Waals surface area contributed by atoms with E-state index < -0.39 is 0 Å². The van der Waals surface area contributed by atoms with E-state index in [0.717, 1.165) is 10.6 Å². The van der Waals surface area contributed by atoms with Gasteiger partial charge in [0.25, 0.3) is 5.91 Å². The second kappa shape index (κ2) is 7.90. The Labute approximate surface area is 148 Å². The van der Waals surface area contributed by atoms with Crippen LogP contribution in [-0.4, -0.2) is 22.7 Å². The molecule has 2 aromatic carbocycles. The van der Waals surface area contributed by atoms with Crippen LogP contribution in [0.3, 0.4) is 0 Å². The molecule has 1 aromatic heterocycles. The molecule has 5 nitrogen and oxygen atoms in total. The molecule has 0 atom stereocenters. The molecule has 1 N–H and O–H groups in total. The summed E-state index contributed by atoms with van der Waals surface area (Å²) >= 11 is 7.15. The first-order chi connectivity index (χ1) is 11.7. The second-order valence-electron chi connectivity index (χ2n) is 4.95. The Bertz CT molecular complexity index is 806. The van der Waals surface area contributed by atoms with Crippen LogP contribution in [0.15, 0.2) is 54.6 Å². The lowest BCUT2D eigenvalue weighted by atomic mass is 10.2. The molecule has 1 heterocycles. The number of ether oxygens (including phenoxy) is 1. The van der Waals surface area contributed by atoms with Gasteiger partial charge in [0.15, 0.2) is 6.61 Å². The molecule has 0 unspecified atom stereocenters. The standard InChI is InChI=1S/C17H14ClN3O2S/c18-13-6-8-14(9-7-13)23-11-15(22)19-17-21-20-16(24-17)10-12-4-2-1-3-5-12/h1-9H,10-11H2,(H,19,21,22). The first-order valence-corrected chi connectivity index (χ1v) is 8.43. The van der Waals surface area contributed by atoms with Crippen molar-refractivity contribution in [2.24, 2.45) is 0 Å². The second-order valence-corrected chi connectivity index (χ2v) is 6.45. The summed E-state index contributed by atoms with van der Waals surface area (Å²) in [4.78, 5) is 11.9. The van der Waals surface area contributed by atoms with Crippen LogP contribution in [0.2, 0.25) is 5.02 Å². The third-order valence-electron chi connectivity index (χ3n) is 3.09. The van der Waals surface area contributed by atoms with E-state index in [9.17, 15) is 4.79 Å². The van der Waals surface area contributed by atoms with Gasteiger partial charge in [-0.05, 0) is 29.8 Å². The number of hydrogen-bond acceptors (Lipinski definition) is 5. The number of aromatic nitrogens is 2. The molecular formula is C17H14ClN3O2S. The smallest absolute Gasteiger partial charge is 0.264 e. The van der Waals surface area contributed by atoms with Gasteiger partial charge < -0.3 is 4.74 Å². The van der Waals surface area contributed by atoms with Crippen molar-refractivity contribution < 1.29 is 9.53 Å². The molecule has 1 amide bonds. The van der Waals surface area contributed by atoms with E-state index in [2.05, 4.69) is 15.5 Å². The number of rotatable bonds is 6. The Morgan fingerprint density at radius 3 is 2.58 bits per heavy atom. The molecule has 0 saturated carbocycles. The summed E-state index contributed by atoms with van der Waals surface area (Å²) in [6.45, 7) is -0.102. The first kappa shape index (κ1) is 16.4. The van der Waals surface area contributed by atoms with Crippen molar-refractivity contribution in [2.75, 3.05) is 11.9 Å². The maximum absolute atomic E-state index is 11.9. The average molecular weight is 360 g/mol. The number of amides is 1. The van der Waals surface area contributed by atoms with Gasteiger partial charge in [0.1, 0.15) is 10.8 Å². The average Bonchev–Trinajstić information content (AvgIpc) is 3.02. The van der Waals surface area contributed by atoms with E-state index in [-0.39, 0.29) is 12.5 Å². The highest BCUT2D eigenvalue weighted by Crippen LogP contribution is 2.19. The van der Waals surface area contributed by atoms with Crippen molar-refractivity contribution in [3.63, 3.8) is 0 Å². The number of halogens is 1. The van der Waals surface area contributed by atoms with Crippen molar-refractivity contribution in [2.45, 2.75) is 6.42 Å². The summed E-state index contributed by atoms with van der Waals surface area (Å²) in [5, 5.41) is 12.7. The SMILES string of the molecule is O=C(COc1ccc(Cl)cc1)Nc1nnc(Cc2ccccc2)s1. The highest BCUT2D eigenvalue weighted by Gasteiger charge is 2.09. The molecule has 7 heteroatoms. The molecule has 0 aliphatic heterocycles. The monoisotopic (exact) mass is 359 g/mol. The Morgan fingerprint density at radius 2 is 1.83 bits per heavy atom. The number of nitrogens with one attached hydrogen (secondary N) is 1. The van der Waals surface area contributed by atoms with Crippen molar-refractivity contribution in [1.29, 1.82) is 0 Å². The van der Waals surface area contributed by atoms with Gasteiger partial charge in [-0.3, -0.25) is 10.1 Å². The van der Waals surface area contributed by atoms with Gasteiger partial charge in [0.2, 0.25) is 5.13 Å². The predicted octanol–water partition coefficient (Wildman–Crippen LogP) is 3.80. The zero-order valence-corrected chi connectivity index (χ0v) is 14.2. The molecule has 122 valence electrons. The Morgan fingerprint density at radius 1 is 1.08 bits per heavy atom. The fourth-order valence-electron chi connectivity index (χ4n) is 1.98. The van der Waals surface area contributed by atoms with Crippen molar-refractivity contribution in [3.8, 4) is 5.75 Å². The predicted molar refractivity (Wildman–Crippen MR) is 94.7 cm³/mol. The van der Waals surface area contributed by atoms with Gasteiger partial charge in [0, 0.05) is 11.4 Å². The van der Waals surface area contributed by atoms with Crippen molar-refractivity contribution >= 4 is 34.0 Å². The normalized spacial score (nSPS) is 10.4. The minimum absolute atomic E-state index is 0.102. The molecule has 3 rings (SSSR count). The van der Waals surface area contributed by atoms with Gasteiger partial charge in [-0.15, -0.1) is 10.2 Å². The van der Waals surface area contributed by atoms with Crippen LogP contribution in [0, 0.1) is 0 Å².